The second kappa shape index (κ2) is 7.13. The number of nitrogens with one attached hydrogen (secondary N) is 1. The lowest BCUT2D eigenvalue weighted by Crippen LogP contribution is -2.38. The highest BCUT2D eigenvalue weighted by atomic mass is 16.7. The van der Waals surface area contributed by atoms with Gasteiger partial charge in [-0.3, -0.25) is 5.41 Å². The van der Waals surface area contributed by atoms with Crippen LogP contribution in [-0.4, -0.2) is 49.5 Å². The number of nitrogens with zero attached hydrogens (tertiary/aromatic N) is 1. The molecule has 19 heavy (non-hydrogen) atoms. The van der Waals surface area contributed by atoms with Crippen LogP contribution in [0.4, 0.5) is 4.79 Å². The van der Waals surface area contributed by atoms with Gasteiger partial charge in [-0.05, 0) is 20.3 Å². The Balaban J connectivity index is 2.50. The predicted octanol–water partition coefficient (Wildman–Crippen LogP) is 2.01. The summed E-state index contributed by atoms with van der Waals surface area (Å²) < 4.78 is 15.1. The lowest BCUT2D eigenvalue weighted by molar-refractivity contribution is 0.0233. The molecular weight excluding hydrogens is 248 g/mol. The maximum Gasteiger partial charge on any atom is 0.508 e. The average Bonchev–Trinajstić information content (AvgIpc) is 2.77. The quantitative estimate of drug-likeness (QED) is 0.590. The van der Waals surface area contributed by atoms with E-state index < -0.39 is 6.16 Å². The fourth-order valence-electron chi connectivity index (χ4n) is 2.11. The van der Waals surface area contributed by atoms with Crippen LogP contribution in [0.5, 0.6) is 0 Å². The number of carbonyl (C=O) groups excluding carboxylic acids is 1. The van der Waals surface area contributed by atoms with Gasteiger partial charge < -0.3 is 19.1 Å². The maximum atomic E-state index is 11.3. The minimum absolute atomic E-state index is 0.117. The number of hydrogen-bond donors (Lipinski definition) is 1. The molecule has 0 amide bonds. The van der Waals surface area contributed by atoms with Crippen molar-refractivity contribution in [2.45, 2.75) is 32.6 Å². The van der Waals surface area contributed by atoms with Crippen molar-refractivity contribution in [2.75, 3.05) is 20.3 Å². The molecule has 0 aliphatic carbocycles. The van der Waals surface area contributed by atoms with Crippen molar-refractivity contribution >= 4 is 12.0 Å². The van der Waals surface area contributed by atoms with Crippen molar-refractivity contribution in [3.63, 3.8) is 0 Å². The van der Waals surface area contributed by atoms with E-state index in [-0.39, 0.29) is 24.9 Å². The van der Waals surface area contributed by atoms with Gasteiger partial charge in [0.1, 0.15) is 24.8 Å². The molecule has 0 aromatic carbocycles. The van der Waals surface area contributed by atoms with E-state index >= 15 is 0 Å². The van der Waals surface area contributed by atoms with Gasteiger partial charge in [0.15, 0.2) is 0 Å². The smallest absolute Gasteiger partial charge is 0.430 e. The summed E-state index contributed by atoms with van der Waals surface area (Å²) in [5.74, 6) is 0.326. The average molecular weight is 270 g/mol. The first-order chi connectivity index (χ1) is 9.01. The molecule has 1 saturated heterocycles. The molecule has 1 rings (SSSR count). The van der Waals surface area contributed by atoms with Gasteiger partial charge in [-0.2, -0.15) is 0 Å². The summed E-state index contributed by atoms with van der Waals surface area (Å²) in [5.41, 5.74) is 0. The van der Waals surface area contributed by atoms with E-state index in [2.05, 4.69) is 6.58 Å². The fraction of sp³-hybridized carbons (Fsp3) is 0.692. The third-order valence-corrected chi connectivity index (χ3v) is 3.29. The van der Waals surface area contributed by atoms with E-state index in [0.29, 0.717) is 5.84 Å². The van der Waals surface area contributed by atoms with Gasteiger partial charge in [0, 0.05) is 13.7 Å². The third kappa shape index (κ3) is 3.96. The van der Waals surface area contributed by atoms with E-state index in [4.69, 9.17) is 19.6 Å². The first-order valence-electron chi connectivity index (χ1n) is 6.33. The van der Waals surface area contributed by atoms with Crippen LogP contribution in [0, 0.1) is 11.3 Å². The predicted molar refractivity (Wildman–Crippen MR) is 71.1 cm³/mol. The molecule has 1 aliphatic heterocycles. The van der Waals surface area contributed by atoms with E-state index in [1.54, 1.807) is 14.0 Å². The molecule has 0 spiro atoms. The first-order valence-corrected chi connectivity index (χ1v) is 6.33. The zero-order valence-electron chi connectivity index (χ0n) is 11.7. The second-order valence-corrected chi connectivity index (χ2v) is 4.48. The van der Waals surface area contributed by atoms with Crippen LogP contribution in [0.2, 0.25) is 0 Å². The molecular formula is C13H22N2O4. The number of methoxy groups -OCH3 is 1. The number of carbonyl (C=O) groups is 1. The van der Waals surface area contributed by atoms with Crippen LogP contribution < -0.4 is 0 Å². The van der Waals surface area contributed by atoms with Crippen molar-refractivity contribution in [3.8, 4) is 0 Å². The van der Waals surface area contributed by atoms with Gasteiger partial charge in [-0.25, -0.2) is 4.79 Å². The summed E-state index contributed by atoms with van der Waals surface area (Å²) in [6, 6.07) is 0. The Bertz CT molecular complexity index is 346. The molecule has 0 aromatic rings. The van der Waals surface area contributed by atoms with Crippen LogP contribution >= 0.6 is 0 Å². The zero-order chi connectivity index (χ0) is 14.4. The first kappa shape index (κ1) is 15.5. The number of ether oxygens (including phenoxy) is 3. The van der Waals surface area contributed by atoms with Crippen LogP contribution in [0.1, 0.15) is 20.3 Å². The summed E-state index contributed by atoms with van der Waals surface area (Å²) in [4.78, 5) is 13.2. The monoisotopic (exact) mass is 270 g/mol. The highest BCUT2D eigenvalue weighted by Crippen LogP contribution is 2.25. The Hall–Kier alpha value is -1.56. The van der Waals surface area contributed by atoms with Gasteiger partial charge >= 0.3 is 6.16 Å². The largest absolute Gasteiger partial charge is 0.508 e. The summed E-state index contributed by atoms with van der Waals surface area (Å²) in [6.07, 6.45) is 0.989. The number of hydrogen-bond acceptors (Lipinski definition) is 5. The summed E-state index contributed by atoms with van der Waals surface area (Å²) >= 11 is 0. The molecule has 108 valence electrons. The third-order valence-electron chi connectivity index (χ3n) is 3.29. The summed E-state index contributed by atoms with van der Waals surface area (Å²) in [7, 11) is 1.61. The highest BCUT2D eigenvalue weighted by Gasteiger charge is 2.36. The molecule has 0 bridgehead atoms. The van der Waals surface area contributed by atoms with E-state index in [1.807, 2.05) is 11.8 Å². The Morgan fingerprint density at radius 1 is 1.63 bits per heavy atom. The minimum atomic E-state index is -0.724. The zero-order valence-corrected chi connectivity index (χ0v) is 11.7. The molecule has 1 N–H and O–H groups in total. The molecule has 1 heterocycles. The van der Waals surface area contributed by atoms with Crippen LogP contribution in [0.25, 0.3) is 0 Å². The SMILES string of the molecule is C=CCOC(=O)OC(C)C1CCN(C(C)OC)C1=N. The fourth-order valence-corrected chi connectivity index (χ4v) is 2.11. The molecule has 3 unspecified atom stereocenters. The Morgan fingerprint density at radius 2 is 2.32 bits per heavy atom. The molecule has 6 heteroatoms. The van der Waals surface area contributed by atoms with Crippen LogP contribution in [0.15, 0.2) is 12.7 Å². The topological polar surface area (TPSA) is 71.8 Å². The van der Waals surface area contributed by atoms with Gasteiger partial charge in [0.25, 0.3) is 0 Å². The maximum absolute atomic E-state index is 11.3. The van der Waals surface area contributed by atoms with Crippen molar-refractivity contribution < 1.29 is 19.0 Å². The lowest BCUT2D eigenvalue weighted by atomic mass is 10.0. The van der Waals surface area contributed by atoms with Crippen molar-refractivity contribution in [3.05, 3.63) is 12.7 Å². The Kier molecular flexibility index (Phi) is 5.82. The molecule has 1 fully saturated rings. The van der Waals surface area contributed by atoms with Crippen molar-refractivity contribution in [1.82, 2.24) is 4.90 Å². The van der Waals surface area contributed by atoms with Crippen molar-refractivity contribution in [1.29, 1.82) is 5.41 Å². The van der Waals surface area contributed by atoms with E-state index in [0.717, 1.165) is 13.0 Å². The lowest BCUT2D eigenvalue weighted by Gasteiger charge is -2.26. The summed E-state index contributed by atoms with van der Waals surface area (Å²) in [5, 5.41) is 8.11. The van der Waals surface area contributed by atoms with Gasteiger partial charge in [0.2, 0.25) is 0 Å². The molecule has 6 nitrogen and oxygen atoms in total. The van der Waals surface area contributed by atoms with E-state index in [1.165, 1.54) is 6.08 Å². The van der Waals surface area contributed by atoms with Gasteiger partial charge in [-0.15, -0.1) is 0 Å². The molecule has 0 aromatic heterocycles. The minimum Gasteiger partial charge on any atom is -0.430 e. The van der Waals surface area contributed by atoms with Gasteiger partial charge in [-0.1, -0.05) is 12.7 Å². The number of rotatable bonds is 6. The van der Waals surface area contributed by atoms with Crippen LogP contribution in [-0.2, 0) is 14.2 Å². The Morgan fingerprint density at radius 3 is 2.89 bits per heavy atom. The molecule has 0 radical (unpaired) electrons. The standard InChI is InChI=1S/C13H22N2O4/c1-5-8-18-13(16)19-9(2)11-6-7-15(12(11)14)10(3)17-4/h5,9-11,14H,1,6-8H2,2-4H3. The van der Waals surface area contributed by atoms with Crippen LogP contribution in [0.3, 0.4) is 0 Å². The second-order valence-electron chi connectivity index (χ2n) is 4.48. The molecule has 3 atom stereocenters. The molecule has 0 saturated carbocycles. The van der Waals surface area contributed by atoms with E-state index in [9.17, 15) is 4.79 Å². The Labute approximate surface area is 113 Å². The normalized spacial score (nSPS) is 21.9. The summed E-state index contributed by atoms with van der Waals surface area (Å²) in [6.45, 7) is 7.97. The van der Waals surface area contributed by atoms with Gasteiger partial charge in [0.05, 0.1) is 5.92 Å². The number of amidine groups is 1. The number of likely N-dealkylation sites (tertiary alicyclic amines) is 1. The molecule has 1 aliphatic rings. The highest BCUT2D eigenvalue weighted by molar-refractivity contribution is 5.84. The van der Waals surface area contributed by atoms with Crippen molar-refractivity contribution in [2.24, 2.45) is 5.92 Å².